The number of rotatable bonds is 5. The number of anilines is 1. The highest BCUT2D eigenvalue weighted by Crippen LogP contribution is 2.27. The van der Waals surface area contributed by atoms with E-state index in [1.54, 1.807) is 32.2 Å². The van der Waals surface area contributed by atoms with E-state index >= 15 is 0 Å². The van der Waals surface area contributed by atoms with Crippen LogP contribution in [0.2, 0.25) is 5.02 Å². The number of nitrogens with zero attached hydrogens (tertiary/aromatic N) is 1. The highest BCUT2D eigenvalue weighted by atomic mass is 127. The molecule has 0 aliphatic rings. The van der Waals surface area contributed by atoms with E-state index in [1.807, 2.05) is 16.8 Å². The second kappa shape index (κ2) is 8.72. The number of nitrogens with one attached hydrogen (secondary N) is 1. The van der Waals surface area contributed by atoms with Gasteiger partial charge in [-0.1, -0.05) is 11.6 Å². The fourth-order valence-corrected chi connectivity index (χ4v) is 2.87. The van der Waals surface area contributed by atoms with Gasteiger partial charge in [-0.15, -0.1) is 24.0 Å². The van der Waals surface area contributed by atoms with Gasteiger partial charge in [0.15, 0.2) is 5.96 Å². The molecule has 1 heterocycles. The Morgan fingerprint density at radius 3 is 2.78 bits per heavy atom. The number of ether oxygens (including phenoxy) is 1. The molecule has 8 heteroatoms. The first kappa shape index (κ1) is 20.0. The molecule has 126 valence electrons. The van der Waals surface area contributed by atoms with Crippen LogP contribution in [0.15, 0.2) is 40.0 Å². The van der Waals surface area contributed by atoms with E-state index in [1.165, 1.54) is 11.3 Å². The summed E-state index contributed by atoms with van der Waals surface area (Å²) in [5, 5.41) is 17.6. The summed E-state index contributed by atoms with van der Waals surface area (Å²) in [6, 6.07) is 7.08. The van der Waals surface area contributed by atoms with E-state index < -0.39 is 5.60 Å². The minimum Gasteiger partial charge on any atom is -0.495 e. The number of nitrogens with two attached hydrogens (primary N) is 1. The van der Waals surface area contributed by atoms with Crippen molar-refractivity contribution < 1.29 is 9.84 Å². The predicted molar refractivity (Wildman–Crippen MR) is 107 cm³/mol. The van der Waals surface area contributed by atoms with Crippen molar-refractivity contribution in [3.05, 3.63) is 45.6 Å². The van der Waals surface area contributed by atoms with Crippen molar-refractivity contribution in [3.63, 3.8) is 0 Å². The van der Waals surface area contributed by atoms with Crippen LogP contribution in [0, 0.1) is 0 Å². The molecule has 1 aromatic carbocycles. The Balaban J connectivity index is 0.00000264. The summed E-state index contributed by atoms with van der Waals surface area (Å²) in [7, 11) is 1.55. The number of benzene rings is 1. The molecule has 0 radical (unpaired) electrons. The van der Waals surface area contributed by atoms with Crippen LogP contribution in [-0.2, 0) is 5.60 Å². The summed E-state index contributed by atoms with van der Waals surface area (Å²) in [4.78, 5) is 4.18. The third-order valence-corrected chi connectivity index (χ3v) is 4.10. The molecule has 4 N–H and O–H groups in total. The molecule has 0 saturated heterocycles. The van der Waals surface area contributed by atoms with Crippen LogP contribution in [-0.4, -0.2) is 24.7 Å². The average Bonchev–Trinajstić information content (AvgIpc) is 3.00. The summed E-state index contributed by atoms with van der Waals surface area (Å²) >= 11 is 7.57. The van der Waals surface area contributed by atoms with Crippen molar-refractivity contribution in [3.8, 4) is 5.75 Å². The molecule has 1 unspecified atom stereocenters. The van der Waals surface area contributed by atoms with Crippen molar-refractivity contribution in [1.82, 2.24) is 0 Å². The van der Waals surface area contributed by atoms with E-state index in [-0.39, 0.29) is 36.5 Å². The van der Waals surface area contributed by atoms with Gasteiger partial charge in [0.25, 0.3) is 0 Å². The Labute approximate surface area is 161 Å². The van der Waals surface area contributed by atoms with Gasteiger partial charge in [0.1, 0.15) is 11.4 Å². The van der Waals surface area contributed by atoms with E-state index in [4.69, 9.17) is 22.1 Å². The molecule has 5 nitrogen and oxygen atoms in total. The lowest BCUT2D eigenvalue weighted by atomic mass is 10.00. The second-order valence-electron chi connectivity index (χ2n) is 4.96. The number of hydrogen-bond acceptors (Lipinski definition) is 4. The molecule has 1 atom stereocenters. The van der Waals surface area contributed by atoms with Crippen LogP contribution in [0.4, 0.5) is 5.69 Å². The first-order chi connectivity index (χ1) is 10.4. The molecule has 23 heavy (non-hydrogen) atoms. The zero-order chi connectivity index (χ0) is 16.2. The van der Waals surface area contributed by atoms with E-state index in [0.29, 0.717) is 16.5 Å². The number of aliphatic hydroxyl groups is 1. The van der Waals surface area contributed by atoms with E-state index in [0.717, 1.165) is 5.56 Å². The summed E-state index contributed by atoms with van der Waals surface area (Å²) in [5.41, 5.74) is 6.31. The molecule has 0 aliphatic heterocycles. The smallest absolute Gasteiger partial charge is 0.193 e. The van der Waals surface area contributed by atoms with Gasteiger partial charge in [-0.3, -0.25) is 0 Å². The summed E-state index contributed by atoms with van der Waals surface area (Å²) in [5.74, 6) is 0.792. The maximum Gasteiger partial charge on any atom is 0.193 e. The first-order valence-electron chi connectivity index (χ1n) is 6.58. The zero-order valence-electron chi connectivity index (χ0n) is 12.7. The topological polar surface area (TPSA) is 79.9 Å². The molecule has 2 aromatic rings. The van der Waals surface area contributed by atoms with E-state index in [2.05, 4.69) is 10.3 Å². The lowest BCUT2D eigenvalue weighted by Gasteiger charge is -2.20. The van der Waals surface area contributed by atoms with Gasteiger partial charge >= 0.3 is 0 Å². The zero-order valence-corrected chi connectivity index (χ0v) is 16.6. The van der Waals surface area contributed by atoms with Gasteiger partial charge < -0.3 is 20.9 Å². The molecular weight excluding hydrogens is 449 g/mol. The van der Waals surface area contributed by atoms with Crippen LogP contribution >= 0.6 is 46.9 Å². The Bertz CT molecular complexity index is 663. The number of guanidine groups is 1. The average molecular weight is 468 g/mol. The number of thiophene rings is 1. The van der Waals surface area contributed by atoms with Gasteiger partial charge in [-0.25, -0.2) is 4.99 Å². The van der Waals surface area contributed by atoms with Crippen molar-refractivity contribution in [2.24, 2.45) is 10.7 Å². The predicted octanol–water partition coefficient (Wildman–Crippen LogP) is 3.66. The van der Waals surface area contributed by atoms with Crippen LogP contribution in [0.5, 0.6) is 5.75 Å². The summed E-state index contributed by atoms with van der Waals surface area (Å²) in [6.07, 6.45) is 0. The van der Waals surface area contributed by atoms with Crippen LogP contribution in [0.1, 0.15) is 12.5 Å². The lowest BCUT2D eigenvalue weighted by molar-refractivity contribution is 0.0678. The Kier molecular flexibility index (Phi) is 7.59. The monoisotopic (exact) mass is 467 g/mol. The lowest BCUT2D eigenvalue weighted by Crippen LogP contribution is -2.29. The molecule has 0 fully saturated rings. The quantitative estimate of drug-likeness (QED) is 0.356. The van der Waals surface area contributed by atoms with Crippen LogP contribution in [0.25, 0.3) is 0 Å². The third kappa shape index (κ3) is 5.52. The minimum absolute atomic E-state index is 0. The fourth-order valence-electron chi connectivity index (χ4n) is 1.83. The Morgan fingerprint density at radius 2 is 2.22 bits per heavy atom. The maximum atomic E-state index is 10.4. The fraction of sp³-hybridized carbons (Fsp3) is 0.267. The summed E-state index contributed by atoms with van der Waals surface area (Å²) in [6.45, 7) is 1.86. The molecule has 1 aromatic heterocycles. The standard InChI is InChI=1S/C15H18ClN3O2S.HI/c1-15(20,10-5-6-22-8-10)9-18-14(17)19-11-3-4-13(21-2)12(16)7-11;/h3-8,20H,9H2,1-2H3,(H3,17,18,19);1H. The Hall–Kier alpha value is -1.03. The molecule has 0 amide bonds. The van der Waals surface area contributed by atoms with Gasteiger partial charge in [0, 0.05) is 5.69 Å². The maximum absolute atomic E-state index is 10.4. The SMILES string of the molecule is COc1ccc(NC(N)=NCC(C)(O)c2ccsc2)cc1Cl.I. The molecule has 0 bridgehead atoms. The minimum atomic E-state index is -1.05. The Morgan fingerprint density at radius 1 is 1.48 bits per heavy atom. The van der Waals surface area contributed by atoms with Gasteiger partial charge in [-0.05, 0) is 47.5 Å². The molecule has 0 spiro atoms. The van der Waals surface area contributed by atoms with Crippen molar-refractivity contribution in [2.75, 3.05) is 19.0 Å². The van der Waals surface area contributed by atoms with Gasteiger partial charge in [0.05, 0.1) is 18.7 Å². The van der Waals surface area contributed by atoms with Gasteiger partial charge in [0.2, 0.25) is 0 Å². The van der Waals surface area contributed by atoms with Crippen molar-refractivity contribution in [2.45, 2.75) is 12.5 Å². The first-order valence-corrected chi connectivity index (χ1v) is 7.90. The number of methoxy groups -OCH3 is 1. The van der Waals surface area contributed by atoms with Crippen LogP contribution < -0.4 is 15.8 Å². The number of hydrogen-bond donors (Lipinski definition) is 3. The molecular formula is C15H19ClIN3O2S. The van der Waals surface area contributed by atoms with Gasteiger partial charge in [-0.2, -0.15) is 11.3 Å². The van der Waals surface area contributed by atoms with Crippen molar-refractivity contribution >= 4 is 58.6 Å². The highest BCUT2D eigenvalue weighted by Gasteiger charge is 2.23. The highest BCUT2D eigenvalue weighted by molar-refractivity contribution is 14.0. The summed E-state index contributed by atoms with van der Waals surface area (Å²) < 4.78 is 5.09. The number of aliphatic imine (C=N–C) groups is 1. The third-order valence-electron chi connectivity index (χ3n) is 3.12. The molecule has 0 saturated carbocycles. The normalized spacial score (nSPS) is 13.8. The van der Waals surface area contributed by atoms with E-state index in [9.17, 15) is 5.11 Å². The van der Waals surface area contributed by atoms with Crippen LogP contribution in [0.3, 0.4) is 0 Å². The van der Waals surface area contributed by atoms with Crippen molar-refractivity contribution in [1.29, 1.82) is 0 Å². The molecule has 0 aliphatic carbocycles. The largest absolute Gasteiger partial charge is 0.495 e. The molecule has 2 rings (SSSR count). The number of halogens is 2. The second-order valence-corrected chi connectivity index (χ2v) is 6.15.